The molecule has 9 heteroatoms. The van der Waals surface area contributed by atoms with Crippen LogP contribution in [0.5, 0.6) is 5.88 Å². The summed E-state index contributed by atoms with van der Waals surface area (Å²) in [6.45, 7) is 3.15. The van der Waals surface area contributed by atoms with E-state index in [2.05, 4.69) is 15.3 Å². The van der Waals surface area contributed by atoms with Crippen LogP contribution in [0.25, 0.3) is 16.7 Å². The quantitative estimate of drug-likeness (QED) is 0.323. The molecule has 4 aromatic rings. The number of amides is 1. The van der Waals surface area contributed by atoms with E-state index in [1.807, 2.05) is 47.9 Å². The Morgan fingerprint density at radius 2 is 1.74 bits per heavy atom. The lowest BCUT2D eigenvalue weighted by molar-refractivity contribution is 0.0919. The molecule has 6 rings (SSSR count). The van der Waals surface area contributed by atoms with Crippen molar-refractivity contribution in [2.24, 2.45) is 11.8 Å². The molecule has 2 aliphatic rings. The number of aryl methyl sites for hydroxylation is 1. The van der Waals surface area contributed by atoms with Gasteiger partial charge in [0, 0.05) is 24.8 Å². The highest BCUT2D eigenvalue weighted by Gasteiger charge is 2.26. The number of hydrogen-bond acceptors (Lipinski definition) is 5. The Morgan fingerprint density at radius 3 is 2.46 bits per heavy atom. The summed E-state index contributed by atoms with van der Waals surface area (Å²) in [4.78, 5) is 35.1. The van der Waals surface area contributed by atoms with E-state index in [0.29, 0.717) is 47.1 Å². The van der Waals surface area contributed by atoms with E-state index in [1.54, 1.807) is 23.0 Å². The zero-order chi connectivity index (χ0) is 26.9. The van der Waals surface area contributed by atoms with E-state index < -0.39 is 0 Å². The highest BCUT2D eigenvalue weighted by atomic mass is 35.5. The SMILES string of the molecule is Cc1ncc(Cl)cc1C(=O)N[C@H]1CC[C@H](Cn2c(=O)n(-c3ccc(OCC4CC4)nc3)c3ccccc32)CC1. The van der Waals surface area contributed by atoms with Gasteiger partial charge in [-0.15, -0.1) is 0 Å². The number of ether oxygens (including phenoxy) is 1. The lowest BCUT2D eigenvalue weighted by Gasteiger charge is -2.29. The third-order valence-electron chi connectivity index (χ3n) is 7.90. The maximum absolute atomic E-state index is 13.7. The number of nitrogens with one attached hydrogen (secondary N) is 1. The Labute approximate surface area is 232 Å². The van der Waals surface area contributed by atoms with Crippen molar-refractivity contribution in [2.75, 3.05) is 6.61 Å². The fraction of sp³-hybridized carbons (Fsp3) is 0.400. The molecule has 0 saturated heterocycles. The van der Waals surface area contributed by atoms with Crippen LogP contribution in [0.3, 0.4) is 0 Å². The summed E-state index contributed by atoms with van der Waals surface area (Å²) < 4.78 is 9.40. The average molecular weight is 546 g/mol. The molecule has 0 unspecified atom stereocenters. The largest absolute Gasteiger partial charge is 0.477 e. The molecule has 8 nitrogen and oxygen atoms in total. The third-order valence-corrected chi connectivity index (χ3v) is 8.11. The van der Waals surface area contributed by atoms with Crippen molar-refractivity contribution in [1.82, 2.24) is 24.4 Å². The van der Waals surface area contributed by atoms with Gasteiger partial charge in [-0.05, 0) is 81.5 Å². The summed E-state index contributed by atoms with van der Waals surface area (Å²) in [6, 6.07) is 13.4. The van der Waals surface area contributed by atoms with Crippen molar-refractivity contribution in [2.45, 2.75) is 58.0 Å². The maximum Gasteiger partial charge on any atom is 0.333 e. The number of fused-ring (bicyclic) bond motifs is 1. The number of rotatable bonds is 8. The highest BCUT2D eigenvalue weighted by Crippen LogP contribution is 2.30. The van der Waals surface area contributed by atoms with Gasteiger partial charge in [0.25, 0.3) is 5.91 Å². The summed E-state index contributed by atoms with van der Waals surface area (Å²) >= 11 is 6.05. The van der Waals surface area contributed by atoms with Gasteiger partial charge in [0.05, 0.1) is 45.8 Å². The van der Waals surface area contributed by atoms with Crippen LogP contribution in [0.2, 0.25) is 5.02 Å². The number of imidazole rings is 1. The van der Waals surface area contributed by atoms with Gasteiger partial charge in [-0.2, -0.15) is 0 Å². The first kappa shape index (κ1) is 25.6. The lowest BCUT2D eigenvalue weighted by Crippen LogP contribution is -2.39. The molecule has 1 aromatic carbocycles. The average Bonchev–Trinajstić information content (AvgIpc) is 3.74. The number of halogens is 1. The van der Waals surface area contributed by atoms with Crippen LogP contribution in [0.15, 0.2) is 59.7 Å². The molecule has 1 N–H and O–H groups in total. The van der Waals surface area contributed by atoms with Crippen molar-refractivity contribution < 1.29 is 9.53 Å². The van der Waals surface area contributed by atoms with Crippen molar-refractivity contribution in [3.8, 4) is 11.6 Å². The van der Waals surface area contributed by atoms with Crippen molar-refractivity contribution in [3.63, 3.8) is 0 Å². The van der Waals surface area contributed by atoms with Crippen molar-refractivity contribution in [1.29, 1.82) is 0 Å². The molecule has 0 aliphatic heterocycles. The second kappa shape index (κ2) is 10.8. The second-order valence-electron chi connectivity index (χ2n) is 10.8. The van der Waals surface area contributed by atoms with Gasteiger partial charge in [-0.1, -0.05) is 23.7 Å². The minimum Gasteiger partial charge on any atom is -0.477 e. The lowest BCUT2D eigenvalue weighted by atomic mass is 9.85. The van der Waals surface area contributed by atoms with Gasteiger partial charge < -0.3 is 10.1 Å². The molecule has 3 aromatic heterocycles. The molecule has 0 bridgehead atoms. The van der Waals surface area contributed by atoms with Crippen molar-refractivity contribution >= 4 is 28.5 Å². The van der Waals surface area contributed by atoms with Gasteiger partial charge in [0.2, 0.25) is 5.88 Å². The molecule has 0 spiro atoms. The van der Waals surface area contributed by atoms with Crippen LogP contribution in [0.4, 0.5) is 0 Å². The number of carbonyl (C=O) groups is 1. The van der Waals surface area contributed by atoms with Crippen LogP contribution in [-0.4, -0.2) is 37.7 Å². The number of carbonyl (C=O) groups excluding carboxylic acids is 1. The third kappa shape index (κ3) is 5.57. The molecular weight excluding hydrogens is 514 g/mol. The molecule has 1 amide bonds. The minimum absolute atomic E-state index is 0.0657. The number of aromatic nitrogens is 4. The van der Waals surface area contributed by atoms with Crippen LogP contribution in [0.1, 0.15) is 54.6 Å². The summed E-state index contributed by atoms with van der Waals surface area (Å²) in [5, 5.41) is 3.60. The van der Waals surface area contributed by atoms with Gasteiger partial charge in [0.1, 0.15) is 0 Å². The number of benzene rings is 1. The first-order valence-electron chi connectivity index (χ1n) is 13.7. The Balaban J connectivity index is 1.14. The van der Waals surface area contributed by atoms with Crippen molar-refractivity contribution in [3.05, 3.63) is 81.6 Å². The zero-order valence-corrected chi connectivity index (χ0v) is 22.7. The normalized spacial score (nSPS) is 19.2. The van der Waals surface area contributed by atoms with Crippen LogP contribution in [-0.2, 0) is 6.54 Å². The monoisotopic (exact) mass is 545 g/mol. The number of hydrogen-bond donors (Lipinski definition) is 1. The zero-order valence-electron chi connectivity index (χ0n) is 22.0. The summed E-state index contributed by atoms with van der Waals surface area (Å²) in [7, 11) is 0. The van der Waals surface area contributed by atoms with Crippen LogP contribution >= 0.6 is 11.6 Å². The fourth-order valence-corrected chi connectivity index (χ4v) is 5.62. The topological polar surface area (TPSA) is 91.0 Å². The van der Waals surface area contributed by atoms with Crippen LogP contribution < -0.4 is 15.7 Å². The smallest absolute Gasteiger partial charge is 0.333 e. The van der Waals surface area contributed by atoms with E-state index in [9.17, 15) is 9.59 Å². The van der Waals surface area contributed by atoms with E-state index in [4.69, 9.17) is 16.3 Å². The van der Waals surface area contributed by atoms with Gasteiger partial charge in [-0.25, -0.2) is 9.78 Å². The van der Waals surface area contributed by atoms with E-state index in [0.717, 1.165) is 42.4 Å². The molecule has 3 heterocycles. The molecule has 2 fully saturated rings. The van der Waals surface area contributed by atoms with Gasteiger partial charge >= 0.3 is 5.69 Å². The Kier molecular flexibility index (Phi) is 7.12. The first-order valence-corrected chi connectivity index (χ1v) is 14.1. The maximum atomic E-state index is 13.7. The molecule has 0 atom stereocenters. The minimum atomic E-state index is -0.136. The first-order chi connectivity index (χ1) is 19.0. The highest BCUT2D eigenvalue weighted by molar-refractivity contribution is 6.30. The predicted molar refractivity (Wildman–Crippen MR) is 151 cm³/mol. The fourth-order valence-electron chi connectivity index (χ4n) is 5.46. The number of pyridine rings is 2. The molecule has 2 aliphatic carbocycles. The number of nitrogens with zero attached hydrogens (tertiary/aromatic N) is 4. The van der Waals surface area contributed by atoms with E-state index >= 15 is 0 Å². The molecule has 202 valence electrons. The second-order valence-corrected chi connectivity index (χ2v) is 11.2. The standard InChI is InChI=1S/C30H32ClN5O3/c1-19-25(14-22(31)15-32-19)29(37)34-23-10-8-20(9-11-23)17-35-26-4-2-3-5-27(26)36(30(35)38)24-12-13-28(33-16-24)39-18-21-6-7-21/h2-5,12-16,20-21,23H,6-11,17-18H2,1H3,(H,34,37)/t20-,23-. The molecular formula is C30H32ClN5O3. The summed E-state index contributed by atoms with van der Waals surface area (Å²) in [5.41, 5.74) is 3.62. The molecule has 0 radical (unpaired) electrons. The summed E-state index contributed by atoms with van der Waals surface area (Å²) in [6.07, 6.45) is 9.30. The predicted octanol–water partition coefficient (Wildman–Crippen LogP) is 5.32. The van der Waals surface area contributed by atoms with Gasteiger partial charge in [-0.3, -0.25) is 18.9 Å². The van der Waals surface area contributed by atoms with E-state index in [-0.39, 0.29) is 17.6 Å². The Hall–Kier alpha value is -3.65. The van der Waals surface area contributed by atoms with E-state index in [1.165, 1.54) is 12.8 Å². The number of para-hydroxylation sites is 2. The molecule has 39 heavy (non-hydrogen) atoms. The Bertz CT molecular complexity index is 1550. The van der Waals surface area contributed by atoms with Gasteiger partial charge in [0.15, 0.2) is 0 Å². The molecule has 2 saturated carbocycles. The van der Waals surface area contributed by atoms with Crippen LogP contribution in [0, 0.1) is 18.8 Å². The summed E-state index contributed by atoms with van der Waals surface area (Å²) in [5.74, 6) is 1.46. The Morgan fingerprint density at radius 1 is 1.00 bits per heavy atom.